The van der Waals surface area contributed by atoms with Gasteiger partial charge in [-0.3, -0.25) is 9.59 Å². The van der Waals surface area contributed by atoms with Crippen molar-refractivity contribution < 1.29 is 14.3 Å². The van der Waals surface area contributed by atoms with Crippen molar-refractivity contribution >= 4 is 35.1 Å². The lowest BCUT2D eigenvalue weighted by Gasteiger charge is -2.30. The summed E-state index contributed by atoms with van der Waals surface area (Å²) in [5.74, 6) is -0.395. The second-order valence-electron chi connectivity index (χ2n) is 7.36. The fourth-order valence-electron chi connectivity index (χ4n) is 3.56. The standard InChI is InChI=1S/C20H24N6O3/c1-11-3-4-13(9-12(11)2)22-19(28)14-10-15(27)23-18-16(14)17(21)24-20(25-18)26-5-7-29-8-6-26/h3-4,9,14H,5-8,10H2,1-2H3,(H,22,28)(H3,21,23,24,25,27)/t14-/m1/s1. The van der Waals surface area contributed by atoms with Gasteiger partial charge in [0.2, 0.25) is 17.8 Å². The highest BCUT2D eigenvalue weighted by molar-refractivity contribution is 6.05. The Morgan fingerprint density at radius 2 is 2.00 bits per heavy atom. The smallest absolute Gasteiger partial charge is 0.232 e. The molecule has 0 aliphatic carbocycles. The molecule has 0 saturated carbocycles. The van der Waals surface area contributed by atoms with Crippen molar-refractivity contribution in [2.24, 2.45) is 0 Å². The number of nitrogens with one attached hydrogen (secondary N) is 2. The minimum atomic E-state index is -0.751. The average molecular weight is 396 g/mol. The molecule has 2 aromatic rings. The van der Waals surface area contributed by atoms with Crippen LogP contribution >= 0.6 is 0 Å². The highest BCUT2D eigenvalue weighted by Gasteiger charge is 2.35. The first-order valence-corrected chi connectivity index (χ1v) is 9.60. The zero-order valence-corrected chi connectivity index (χ0v) is 16.5. The van der Waals surface area contributed by atoms with Gasteiger partial charge in [-0.25, -0.2) is 0 Å². The van der Waals surface area contributed by atoms with Gasteiger partial charge in [0.15, 0.2) is 0 Å². The van der Waals surface area contributed by atoms with Gasteiger partial charge in [-0.15, -0.1) is 0 Å². The number of ether oxygens (including phenoxy) is 1. The summed E-state index contributed by atoms with van der Waals surface area (Å²) in [6.45, 7) is 6.42. The van der Waals surface area contributed by atoms with Crippen LogP contribution in [-0.2, 0) is 14.3 Å². The van der Waals surface area contributed by atoms with Crippen LogP contribution in [0.4, 0.5) is 23.3 Å². The van der Waals surface area contributed by atoms with Gasteiger partial charge in [-0.2, -0.15) is 9.97 Å². The van der Waals surface area contributed by atoms with E-state index in [-0.39, 0.29) is 24.1 Å². The number of hydrogen-bond acceptors (Lipinski definition) is 7. The number of anilines is 4. The summed E-state index contributed by atoms with van der Waals surface area (Å²) in [7, 11) is 0. The van der Waals surface area contributed by atoms with E-state index < -0.39 is 5.92 Å². The van der Waals surface area contributed by atoms with Crippen LogP contribution < -0.4 is 21.3 Å². The van der Waals surface area contributed by atoms with E-state index in [9.17, 15) is 9.59 Å². The number of nitrogens with zero attached hydrogens (tertiary/aromatic N) is 3. The Kier molecular flexibility index (Phi) is 5.06. The van der Waals surface area contributed by atoms with E-state index in [0.29, 0.717) is 49.3 Å². The minimum absolute atomic E-state index is 0.00582. The monoisotopic (exact) mass is 396 g/mol. The number of aromatic nitrogens is 2. The van der Waals surface area contributed by atoms with Gasteiger partial charge in [0.25, 0.3) is 0 Å². The van der Waals surface area contributed by atoms with Crippen molar-refractivity contribution in [2.75, 3.05) is 47.6 Å². The maximum Gasteiger partial charge on any atom is 0.232 e. The van der Waals surface area contributed by atoms with Crippen molar-refractivity contribution in [1.29, 1.82) is 0 Å². The SMILES string of the molecule is Cc1ccc(NC(=O)[C@@H]2CC(=O)Nc3nc(N4CCOCC4)nc(N)c32)cc1C. The molecule has 1 saturated heterocycles. The summed E-state index contributed by atoms with van der Waals surface area (Å²) >= 11 is 0. The van der Waals surface area contributed by atoms with Crippen LogP contribution in [0.15, 0.2) is 18.2 Å². The number of amides is 2. The van der Waals surface area contributed by atoms with E-state index in [2.05, 4.69) is 20.6 Å². The van der Waals surface area contributed by atoms with Gasteiger partial charge in [-0.1, -0.05) is 6.07 Å². The number of nitrogens with two attached hydrogens (primary N) is 1. The molecule has 0 unspecified atom stereocenters. The molecule has 0 radical (unpaired) electrons. The molecule has 0 spiro atoms. The summed E-state index contributed by atoms with van der Waals surface area (Å²) in [5, 5.41) is 5.63. The Labute approximate surface area is 168 Å². The zero-order chi connectivity index (χ0) is 20.5. The molecule has 152 valence electrons. The van der Waals surface area contributed by atoms with Gasteiger partial charge in [-0.05, 0) is 37.1 Å². The van der Waals surface area contributed by atoms with Gasteiger partial charge >= 0.3 is 0 Å². The average Bonchev–Trinajstić information content (AvgIpc) is 2.70. The Hall–Kier alpha value is -3.20. The zero-order valence-electron chi connectivity index (χ0n) is 16.5. The van der Waals surface area contributed by atoms with E-state index in [4.69, 9.17) is 10.5 Å². The Balaban J connectivity index is 1.63. The second-order valence-corrected chi connectivity index (χ2v) is 7.36. The number of hydrogen-bond donors (Lipinski definition) is 3. The number of benzene rings is 1. The third-order valence-corrected chi connectivity index (χ3v) is 5.34. The van der Waals surface area contributed by atoms with Crippen molar-refractivity contribution in [1.82, 2.24) is 9.97 Å². The summed E-state index contributed by atoms with van der Waals surface area (Å²) in [6, 6.07) is 5.68. The first-order valence-electron chi connectivity index (χ1n) is 9.60. The number of aryl methyl sites for hydroxylation is 2. The molecule has 1 aromatic carbocycles. The summed E-state index contributed by atoms with van der Waals surface area (Å²) in [6.07, 6.45) is -0.00582. The van der Waals surface area contributed by atoms with Crippen molar-refractivity contribution in [3.05, 3.63) is 34.9 Å². The predicted molar refractivity (Wildman–Crippen MR) is 110 cm³/mol. The topological polar surface area (TPSA) is 122 Å². The van der Waals surface area contributed by atoms with E-state index in [1.807, 2.05) is 36.9 Å². The molecule has 2 aliphatic heterocycles. The van der Waals surface area contributed by atoms with Gasteiger partial charge in [0.05, 0.1) is 24.7 Å². The predicted octanol–water partition coefficient (Wildman–Crippen LogP) is 1.58. The molecule has 2 aliphatic rings. The molecule has 9 nitrogen and oxygen atoms in total. The first-order chi connectivity index (χ1) is 13.9. The molecule has 1 fully saturated rings. The lowest BCUT2D eigenvalue weighted by atomic mass is 9.91. The molecule has 0 bridgehead atoms. The fraction of sp³-hybridized carbons (Fsp3) is 0.400. The van der Waals surface area contributed by atoms with Crippen molar-refractivity contribution in [2.45, 2.75) is 26.2 Å². The van der Waals surface area contributed by atoms with Crippen LogP contribution in [0.2, 0.25) is 0 Å². The Morgan fingerprint density at radius 1 is 1.24 bits per heavy atom. The second kappa shape index (κ2) is 7.67. The highest BCUT2D eigenvalue weighted by Crippen LogP contribution is 2.36. The maximum absolute atomic E-state index is 13.0. The quantitative estimate of drug-likeness (QED) is 0.720. The molecule has 1 atom stereocenters. The summed E-state index contributed by atoms with van der Waals surface area (Å²) < 4.78 is 5.35. The number of carbonyl (C=O) groups excluding carboxylic acids is 2. The molecular formula is C20H24N6O3. The van der Waals surface area contributed by atoms with E-state index in [1.54, 1.807) is 0 Å². The molecule has 4 rings (SSSR count). The molecule has 1 aromatic heterocycles. The molecular weight excluding hydrogens is 372 g/mol. The largest absolute Gasteiger partial charge is 0.383 e. The third kappa shape index (κ3) is 3.86. The number of fused-ring (bicyclic) bond motifs is 1. The van der Waals surface area contributed by atoms with Gasteiger partial charge in [0, 0.05) is 25.2 Å². The normalized spacial score (nSPS) is 18.8. The van der Waals surface area contributed by atoms with Crippen molar-refractivity contribution in [3.63, 3.8) is 0 Å². The van der Waals surface area contributed by atoms with E-state index in [0.717, 1.165) is 11.1 Å². The van der Waals surface area contributed by atoms with Gasteiger partial charge < -0.3 is 26.0 Å². The first kappa shape index (κ1) is 19.1. The Bertz CT molecular complexity index is 971. The molecule has 29 heavy (non-hydrogen) atoms. The van der Waals surface area contributed by atoms with Crippen LogP contribution in [0.1, 0.15) is 29.0 Å². The maximum atomic E-state index is 13.0. The van der Waals surface area contributed by atoms with Crippen LogP contribution in [0.25, 0.3) is 0 Å². The lowest BCUT2D eigenvalue weighted by Crippen LogP contribution is -2.38. The van der Waals surface area contributed by atoms with E-state index in [1.165, 1.54) is 0 Å². The van der Waals surface area contributed by atoms with Crippen LogP contribution in [-0.4, -0.2) is 48.1 Å². The number of nitrogen functional groups attached to an aromatic ring is 1. The molecule has 3 heterocycles. The number of morpholine rings is 1. The summed E-state index contributed by atoms with van der Waals surface area (Å²) in [4.78, 5) is 36.1. The highest BCUT2D eigenvalue weighted by atomic mass is 16.5. The molecule has 9 heteroatoms. The number of carbonyl (C=O) groups is 2. The molecule has 4 N–H and O–H groups in total. The van der Waals surface area contributed by atoms with Gasteiger partial charge in [0.1, 0.15) is 11.6 Å². The minimum Gasteiger partial charge on any atom is -0.383 e. The Morgan fingerprint density at radius 3 is 2.72 bits per heavy atom. The van der Waals surface area contributed by atoms with E-state index >= 15 is 0 Å². The number of rotatable bonds is 3. The van der Waals surface area contributed by atoms with Crippen molar-refractivity contribution in [3.8, 4) is 0 Å². The van der Waals surface area contributed by atoms with Crippen LogP contribution in [0, 0.1) is 13.8 Å². The third-order valence-electron chi connectivity index (χ3n) is 5.34. The summed E-state index contributed by atoms with van der Waals surface area (Å²) in [5.41, 5.74) is 9.57. The van der Waals surface area contributed by atoms with Crippen LogP contribution in [0.3, 0.4) is 0 Å². The fourth-order valence-corrected chi connectivity index (χ4v) is 3.56. The molecule has 2 amide bonds. The van der Waals surface area contributed by atoms with Crippen LogP contribution in [0.5, 0.6) is 0 Å². The lowest BCUT2D eigenvalue weighted by molar-refractivity contribution is -0.123.